The van der Waals surface area contributed by atoms with Crippen LogP contribution in [0.5, 0.6) is 0 Å². The summed E-state index contributed by atoms with van der Waals surface area (Å²) in [4.78, 5) is 0. The van der Waals surface area contributed by atoms with Gasteiger partial charge in [-0.2, -0.15) is 0 Å². The number of alkyl halides is 1. The predicted molar refractivity (Wildman–Crippen MR) is 75.4 cm³/mol. The maximum Gasteiger partial charge on any atom is 0.144 e. The lowest BCUT2D eigenvalue weighted by atomic mass is 9.88. The lowest BCUT2D eigenvalue weighted by Crippen LogP contribution is -1.98. The zero-order chi connectivity index (χ0) is 12.5. The molecule has 0 fully saturated rings. The van der Waals surface area contributed by atoms with Gasteiger partial charge in [-0.1, -0.05) is 49.8 Å². The van der Waals surface area contributed by atoms with Crippen molar-refractivity contribution in [1.29, 1.82) is 0 Å². The number of hydrogen-bond donors (Lipinski definition) is 0. The fourth-order valence-corrected chi connectivity index (χ4v) is 2.77. The molecule has 1 aliphatic rings. The molecule has 0 aliphatic heterocycles. The molecule has 0 spiro atoms. The van der Waals surface area contributed by atoms with Crippen LogP contribution in [0.4, 0.5) is 4.39 Å². The topological polar surface area (TPSA) is 0 Å². The highest BCUT2D eigenvalue weighted by molar-refractivity contribution is 5.97. The van der Waals surface area contributed by atoms with Gasteiger partial charge in [-0.3, -0.25) is 0 Å². The molecule has 0 N–H and O–H groups in total. The standard InChI is InChI=1S/C17H17F/c1-2-3-5-12-8-9-13-10-11-16(18)15-7-4-6-14(12)17(13)15/h4,6-11,16H,2-3,5H2,1H3. The molecule has 0 bridgehead atoms. The minimum atomic E-state index is -0.956. The van der Waals surface area contributed by atoms with E-state index in [1.54, 1.807) is 6.08 Å². The number of benzene rings is 2. The van der Waals surface area contributed by atoms with Gasteiger partial charge in [0, 0.05) is 0 Å². The first-order valence-electron chi connectivity index (χ1n) is 6.68. The average molecular weight is 240 g/mol. The quantitative estimate of drug-likeness (QED) is 0.690. The van der Waals surface area contributed by atoms with Crippen LogP contribution in [0.15, 0.2) is 36.4 Å². The van der Waals surface area contributed by atoms with Crippen molar-refractivity contribution >= 4 is 16.8 Å². The molecule has 92 valence electrons. The highest BCUT2D eigenvalue weighted by Gasteiger charge is 2.17. The second kappa shape index (κ2) is 4.56. The summed E-state index contributed by atoms with van der Waals surface area (Å²) < 4.78 is 13.9. The Morgan fingerprint density at radius 3 is 2.89 bits per heavy atom. The maximum atomic E-state index is 13.9. The Labute approximate surface area is 107 Å². The summed E-state index contributed by atoms with van der Waals surface area (Å²) in [5.41, 5.74) is 3.32. The molecule has 0 amide bonds. The van der Waals surface area contributed by atoms with E-state index in [1.165, 1.54) is 23.8 Å². The molecular formula is C17H17F. The first-order chi connectivity index (χ1) is 8.81. The first kappa shape index (κ1) is 11.5. The van der Waals surface area contributed by atoms with Gasteiger partial charge < -0.3 is 0 Å². The lowest BCUT2D eigenvalue weighted by Gasteiger charge is -2.17. The summed E-state index contributed by atoms with van der Waals surface area (Å²) in [5, 5.41) is 2.34. The van der Waals surface area contributed by atoms with E-state index in [2.05, 4.69) is 25.1 Å². The Bertz CT molecular complexity index is 610. The van der Waals surface area contributed by atoms with Crippen LogP contribution in [0.1, 0.15) is 42.6 Å². The van der Waals surface area contributed by atoms with Crippen LogP contribution in [0, 0.1) is 0 Å². The maximum absolute atomic E-state index is 13.9. The van der Waals surface area contributed by atoms with Crippen molar-refractivity contribution in [1.82, 2.24) is 0 Å². The number of hydrogen-bond acceptors (Lipinski definition) is 0. The molecule has 0 saturated heterocycles. The Balaban J connectivity index is 2.23. The van der Waals surface area contributed by atoms with E-state index < -0.39 is 6.17 Å². The summed E-state index contributed by atoms with van der Waals surface area (Å²) in [6.07, 6.45) is 6.05. The fourth-order valence-electron chi connectivity index (χ4n) is 2.77. The fraction of sp³-hybridized carbons (Fsp3) is 0.294. The van der Waals surface area contributed by atoms with Crippen LogP contribution in [-0.4, -0.2) is 0 Å². The predicted octanol–water partition coefficient (Wildman–Crippen LogP) is 5.22. The van der Waals surface area contributed by atoms with Crippen LogP contribution in [0.2, 0.25) is 0 Å². The first-order valence-corrected chi connectivity index (χ1v) is 6.68. The van der Waals surface area contributed by atoms with Gasteiger partial charge in [0.05, 0.1) is 0 Å². The van der Waals surface area contributed by atoms with Gasteiger partial charge in [0.2, 0.25) is 0 Å². The molecule has 1 aliphatic carbocycles. The van der Waals surface area contributed by atoms with E-state index >= 15 is 0 Å². The summed E-state index contributed by atoms with van der Waals surface area (Å²) in [6.45, 7) is 2.20. The Kier molecular flexibility index (Phi) is 2.91. The molecular weight excluding hydrogens is 223 g/mol. The number of allylic oxidation sites excluding steroid dienone is 1. The zero-order valence-corrected chi connectivity index (χ0v) is 10.6. The van der Waals surface area contributed by atoms with E-state index in [9.17, 15) is 4.39 Å². The molecule has 1 atom stereocenters. The van der Waals surface area contributed by atoms with Gasteiger partial charge in [0.15, 0.2) is 0 Å². The Morgan fingerprint density at radius 1 is 1.17 bits per heavy atom. The SMILES string of the molecule is CCCCc1ccc2c3c(cccc13)C(F)C=C2. The molecule has 2 aromatic rings. The lowest BCUT2D eigenvalue weighted by molar-refractivity contribution is 0.417. The van der Waals surface area contributed by atoms with Crippen molar-refractivity contribution in [3.63, 3.8) is 0 Å². The summed E-state index contributed by atoms with van der Waals surface area (Å²) >= 11 is 0. The third-order valence-corrected chi connectivity index (χ3v) is 3.74. The van der Waals surface area contributed by atoms with Crippen LogP contribution >= 0.6 is 0 Å². The monoisotopic (exact) mass is 240 g/mol. The molecule has 0 nitrogen and oxygen atoms in total. The van der Waals surface area contributed by atoms with E-state index in [0.29, 0.717) is 0 Å². The zero-order valence-electron chi connectivity index (χ0n) is 10.6. The minimum Gasteiger partial charge on any atom is -0.238 e. The summed E-state index contributed by atoms with van der Waals surface area (Å²) in [5.74, 6) is 0. The van der Waals surface area contributed by atoms with E-state index in [4.69, 9.17) is 0 Å². The molecule has 1 heteroatoms. The summed E-state index contributed by atoms with van der Waals surface area (Å²) in [6, 6.07) is 10.3. The molecule has 2 aromatic carbocycles. The van der Waals surface area contributed by atoms with E-state index in [1.807, 2.05) is 18.2 Å². The van der Waals surface area contributed by atoms with Gasteiger partial charge in [0.25, 0.3) is 0 Å². The van der Waals surface area contributed by atoms with Crippen molar-refractivity contribution in [2.75, 3.05) is 0 Å². The summed E-state index contributed by atoms with van der Waals surface area (Å²) in [7, 11) is 0. The highest BCUT2D eigenvalue weighted by Crippen LogP contribution is 2.37. The number of unbranched alkanes of at least 4 members (excludes halogenated alkanes) is 1. The van der Waals surface area contributed by atoms with Crippen molar-refractivity contribution in [2.45, 2.75) is 32.4 Å². The molecule has 3 rings (SSSR count). The largest absolute Gasteiger partial charge is 0.238 e. The molecule has 1 unspecified atom stereocenters. The van der Waals surface area contributed by atoms with Crippen LogP contribution in [0.25, 0.3) is 16.8 Å². The third kappa shape index (κ3) is 1.74. The Morgan fingerprint density at radius 2 is 2.06 bits per heavy atom. The molecule has 0 aromatic heterocycles. The molecule has 18 heavy (non-hydrogen) atoms. The van der Waals surface area contributed by atoms with Crippen molar-refractivity contribution in [2.24, 2.45) is 0 Å². The third-order valence-electron chi connectivity index (χ3n) is 3.74. The molecule has 0 saturated carbocycles. The van der Waals surface area contributed by atoms with Gasteiger partial charge in [-0.15, -0.1) is 0 Å². The van der Waals surface area contributed by atoms with E-state index in [-0.39, 0.29) is 0 Å². The van der Waals surface area contributed by atoms with Gasteiger partial charge in [-0.25, -0.2) is 4.39 Å². The second-order valence-electron chi connectivity index (χ2n) is 4.95. The number of aryl methyl sites for hydroxylation is 1. The highest BCUT2D eigenvalue weighted by atomic mass is 19.1. The number of halogens is 1. The average Bonchev–Trinajstić information content (AvgIpc) is 2.41. The van der Waals surface area contributed by atoms with E-state index in [0.717, 1.165) is 22.9 Å². The van der Waals surface area contributed by atoms with Gasteiger partial charge in [-0.05, 0) is 46.4 Å². The number of rotatable bonds is 3. The second-order valence-corrected chi connectivity index (χ2v) is 4.95. The molecule has 0 radical (unpaired) electrons. The van der Waals surface area contributed by atoms with Crippen LogP contribution in [0.3, 0.4) is 0 Å². The van der Waals surface area contributed by atoms with Gasteiger partial charge >= 0.3 is 0 Å². The van der Waals surface area contributed by atoms with Crippen LogP contribution in [-0.2, 0) is 6.42 Å². The van der Waals surface area contributed by atoms with Crippen LogP contribution < -0.4 is 0 Å². The minimum absolute atomic E-state index is 0.823. The normalized spacial score (nSPS) is 17.3. The van der Waals surface area contributed by atoms with Crippen molar-refractivity contribution in [3.05, 3.63) is 53.1 Å². The molecule has 0 heterocycles. The Hall–Kier alpha value is -1.63. The van der Waals surface area contributed by atoms with Crippen molar-refractivity contribution in [3.8, 4) is 0 Å². The van der Waals surface area contributed by atoms with Crippen molar-refractivity contribution < 1.29 is 4.39 Å². The van der Waals surface area contributed by atoms with Gasteiger partial charge in [0.1, 0.15) is 6.17 Å². The smallest absolute Gasteiger partial charge is 0.144 e.